The Morgan fingerprint density at radius 1 is 1.27 bits per heavy atom. The van der Waals surface area contributed by atoms with Crippen molar-refractivity contribution >= 4 is 12.0 Å². The van der Waals surface area contributed by atoms with E-state index >= 15 is 8.78 Å². The van der Waals surface area contributed by atoms with Crippen LogP contribution in [0, 0.1) is 17.6 Å². The average Bonchev–Trinajstić information content (AvgIpc) is 3.08. The molecule has 2 heterocycles. The molecule has 4 atom stereocenters. The number of carboxylic acid groups (broad SMARTS) is 1. The van der Waals surface area contributed by atoms with Crippen molar-refractivity contribution in [2.75, 3.05) is 6.54 Å². The van der Waals surface area contributed by atoms with E-state index in [1.807, 2.05) is 30.1 Å². The Morgan fingerprint density at radius 2 is 1.91 bits per heavy atom. The zero-order valence-electron chi connectivity index (χ0n) is 19.2. The number of benzene rings is 1. The Morgan fingerprint density at radius 3 is 2.52 bits per heavy atom. The Labute approximate surface area is 192 Å². The first kappa shape index (κ1) is 23.4. The van der Waals surface area contributed by atoms with E-state index in [1.54, 1.807) is 6.92 Å². The predicted molar refractivity (Wildman–Crippen MR) is 122 cm³/mol. The van der Waals surface area contributed by atoms with Gasteiger partial charge in [-0.15, -0.1) is 0 Å². The van der Waals surface area contributed by atoms with Crippen molar-refractivity contribution in [2.24, 2.45) is 5.92 Å². The minimum atomic E-state index is -1.59. The first-order valence-electron chi connectivity index (χ1n) is 11.1. The van der Waals surface area contributed by atoms with E-state index < -0.39 is 28.8 Å². The summed E-state index contributed by atoms with van der Waals surface area (Å²) >= 11 is 0. The van der Waals surface area contributed by atoms with E-state index in [-0.39, 0.29) is 35.7 Å². The van der Waals surface area contributed by atoms with E-state index in [0.29, 0.717) is 12.1 Å². The van der Waals surface area contributed by atoms with Gasteiger partial charge in [-0.3, -0.25) is 4.90 Å². The van der Waals surface area contributed by atoms with Crippen molar-refractivity contribution in [3.05, 3.63) is 76.5 Å². The SMILES string of the molecule is CC1CC2=C(NC3C=CC=CC23)C(C)(c2c(F)cc(/C=C/C(=O)O)cc2F)N1CC(C)(C)F. The van der Waals surface area contributed by atoms with Gasteiger partial charge in [0.05, 0.1) is 11.6 Å². The number of alkyl halides is 1. The van der Waals surface area contributed by atoms with Gasteiger partial charge in [-0.1, -0.05) is 24.3 Å². The number of nitrogens with zero attached hydrogens (tertiary/aromatic N) is 1. The summed E-state index contributed by atoms with van der Waals surface area (Å²) in [5, 5.41) is 12.3. The van der Waals surface area contributed by atoms with Gasteiger partial charge >= 0.3 is 5.97 Å². The Kier molecular flexibility index (Phi) is 5.81. The molecule has 0 saturated carbocycles. The van der Waals surface area contributed by atoms with Crippen LogP contribution in [0.2, 0.25) is 0 Å². The van der Waals surface area contributed by atoms with Gasteiger partial charge < -0.3 is 10.4 Å². The molecular formula is C26H29F3N2O2. The lowest BCUT2D eigenvalue weighted by Gasteiger charge is -2.51. The third kappa shape index (κ3) is 4.14. The lowest BCUT2D eigenvalue weighted by molar-refractivity contribution is -0.131. The van der Waals surface area contributed by atoms with Crippen LogP contribution in [-0.2, 0) is 10.3 Å². The van der Waals surface area contributed by atoms with Crippen molar-refractivity contribution in [1.29, 1.82) is 0 Å². The van der Waals surface area contributed by atoms with Crippen LogP contribution in [0.5, 0.6) is 0 Å². The van der Waals surface area contributed by atoms with E-state index in [1.165, 1.54) is 13.8 Å². The quantitative estimate of drug-likeness (QED) is 0.604. The fourth-order valence-corrected chi connectivity index (χ4v) is 5.52. The van der Waals surface area contributed by atoms with Crippen LogP contribution in [0.1, 0.15) is 45.2 Å². The number of fused-ring (bicyclic) bond motifs is 2. The highest BCUT2D eigenvalue weighted by atomic mass is 19.1. The van der Waals surface area contributed by atoms with Crippen LogP contribution in [-0.4, -0.2) is 40.3 Å². The topological polar surface area (TPSA) is 52.6 Å². The molecule has 0 fully saturated rings. The molecule has 0 aromatic heterocycles. The summed E-state index contributed by atoms with van der Waals surface area (Å²) in [6.07, 6.45) is 10.7. The third-order valence-corrected chi connectivity index (χ3v) is 6.79. The van der Waals surface area contributed by atoms with E-state index in [2.05, 4.69) is 11.4 Å². The summed E-state index contributed by atoms with van der Waals surface area (Å²) < 4.78 is 46.1. The van der Waals surface area contributed by atoms with Crippen molar-refractivity contribution in [2.45, 2.75) is 57.4 Å². The lowest BCUT2D eigenvalue weighted by Crippen LogP contribution is -2.58. The molecule has 2 aliphatic heterocycles. The fraction of sp³-hybridized carbons (Fsp3) is 0.423. The number of hydrogen-bond donors (Lipinski definition) is 2. The zero-order chi connectivity index (χ0) is 24.1. The molecule has 0 spiro atoms. The number of allylic oxidation sites excluding steroid dienone is 2. The van der Waals surface area contributed by atoms with Crippen molar-refractivity contribution < 1.29 is 23.1 Å². The van der Waals surface area contributed by atoms with Crippen LogP contribution in [0.4, 0.5) is 13.2 Å². The Balaban J connectivity index is 1.91. The highest BCUT2D eigenvalue weighted by molar-refractivity contribution is 5.85. The molecule has 176 valence electrons. The summed E-state index contributed by atoms with van der Waals surface area (Å²) in [5.74, 6) is -2.73. The van der Waals surface area contributed by atoms with E-state index in [9.17, 15) is 9.18 Å². The maximum absolute atomic E-state index is 15.6. The predicted octanol–water partition coefficient (Wildman–Crippen LogP) is 5.09. The largest absolute Gasteiger partial charge is 0.478 e. The number of aliphatic carboxylic acids is 1. The lowest BCUT2D eigenvalue weighted by atomic mass is 9.75. The van der Waals surface area contributed by atoms with Gasteiger partial charge in [-0.2, -0.15) is 0 Å². The monoisotopic (exact) mass is 458 g/mol. The highest BCUT2D eigenvalue weighted by Gasteiger charge is 2.53. The molecule has 0 bridgehead atoms. The van der Waals surface area contributed by atoms with Crippen molar-refractivity contribution in [3.8, 4) is 0 Å². The summed E-state index contributed by atoms with van der Waals surface area (Å²) in [4.78, 5) is 12.7. The summed E-state index contributed by atoms with van der Waals surface area (Å²) in [7, 11) is 0. The molecule has 1 aliphatic carbocycles. The standard InChI is InChI=1S/C26H29F3N2O2/c1-15-11-18-17-7-5-6-8-21(17)30-24(18)26(4,31(15)14-25(2,3)29)23-19(27)12-16(13-20(23)28)9-10-22(32)33/h5-10,12-13,15,17,21,30H,11,14H2,1-4H3,(H,32,33)/b10-9+. The van der Waals surface area contributed by atoms with Gasteiger partial charge in [0.15, 0.2) is 0 Å². The fourth-order valence-electron chi connectivity index (χ4n) is 5.52. The average molecular weight is 459 g/mol. The van der Waals surface area contributed by atoms with Crippen LogP contribution >= 0.6 is 0 Å². The van der Waals surface area contributed by atoms with Gasteiger partial charge in [0.1, 0.15) is 17.3 Å². The van der Waals surface area contributed by atoms with E-state index in [4.69, 9.17) is 5.11 Å². The molecule has 7 heteroatoms. The summed E-state index contributed by atoms with van der Waals surface area (Å²) in [6, 6.07) is 2.08. The Bertz CT molecular complexity index is 1080. The molecule has 3 aliphatic rings. The van der Waals surface area contributed by atoms with Gasteiger partial charge in [-0.05, 0) is 63.5 Å². The molecule has 0 amide bonds. The van der Waals surface area contributed by atoms with Crippen molar-refractivity contribution in [3.63, 3.8) is 0 Å². The van der Waals surface area contributed by atoms with Gasteiger partial charge in [-0.25, -0.2) is 18.0 Å². The molecular weight excluding hydrogens is 429 g/mol. The highest BCUT2D eigenvalue weighted by Crippen LogP contribution is 2.51. The van der Waals surface area contributed by atoms with Crippen LogP contribution in [0.15, 0.2) is 53.8 Å². The molecule has 4 unspecified atom stereocenters. The normalized spacial score (nSPS) is 29.4. The number of nitrogens with one attached hydrogen (secondary N) is 1. The van der Waals surface area contributed by atoms with Crippen molar-refractivity contribution in [1.82, 2.24) is 10.2 Å². The molecule has 1 aromatic rings. The van der Waals surface area contributed by atoms with Crippen LogP contribution in [0.3, 0.4) is 0 Å². The molecule has 2 N–H and O–H groups in total. The molecule has 33 heavy (non-hydrogen) atoms. The second-order valence-electron chi connectivity index (χ2n) is 9.87. The maximum atomic E-state index is 15.6. The molecule has 4 nitrogen and oxygen atoms in total. The summed E-state index contributed by atoms with van der Waals surface area (Å²) in [5.41, 5.74) is -1.14. The third-order valence-electron chi connectivity index (χ3n) is 6.79. The van der Waals surface area contributed by atoms with Crippen LogP contribution < -0.4 is 5.32 Å². The molecule has 0 saturated heterocycles. The maximum Gasteiger partial charge on any atom is 0.328 e. The number of halogens is 3. The van der Waals surface area contributed by atoms with Gasteiger partial charge in [0.2, 0.25) is 0 Å². The van der Waals surface area contributed by atoms with Gasteiger partial charge in [0.25, 0.3) is 0 Å². The second kappa shape index (κ2) is 8.20. The first-order chi connectivity index (χ1) is 15.4. The molecule has 0 radical (unpaired) electrons. The van der Waals surface area contributed by atoms with Gasteiger partial charge in [0, 0.05) is 35.8 Å². The number of carboxylic acids is 1. The Hall–Kier alpha value is -2.80. The van der Waals surface area contributed by atoms with E-state index in [0.717, 1.165) is 29.9 Å². The molecule has 1 aromatic carbocycles. The number of hydrogen-bond acceptors (Lipinski definition) is 3. The van der Waals surface area contributed by atoms with Crippen LogP contribution in [0.25, 0.3) is 6.08 Å². The molecule has 4 rings (SSSR count). The minimum absolute atomic E-state index is 0.0102. The second-order valence-corrected chi connectivity index (χ2v) is 9.87. The first-order valence-corrected chi connectivity index (χ1v) is 11.1. The summed E-state index contributed by atoms with van der Waals surface area (Å²) in [6.45, 7) is 6.62. The zero-order valence-corrected chi connectivity index (χ0v) is 19.2. The number of carbonyl (C=O) groups is 1. The number of rotatable bonds is 5. The minimum Gasteiger partial charge on any atom is -0.478 e. The smallest absolute Gasteiger partial charge is 0.328 e.